The molecule has 1 aliphatic heterocycles. The van der Waals surface area contributed by atoms with Crippen molar-refractivity contribution in [2.45, 2.75) is 57.4 Å². The van der Waals surface area contributed by atoms with Gasteiger partial charge < -0.3 is 10.2 Å². The summed E-state index contributed by atoms with van der Waals surface area (Å²) in [4.78, 5) is 15.6. The first-order valence-corrected chi connectivity index (χ1v) is 10.9. The van der Waals surface area contributed by atoms with Crippen LogP contribution in [0.2, 0.25) is 0 Å². The summed E-state index contributed by atoms with van der Waals surface area (Å²) < 4.78 is 13.3. The molecular formula is C23H31FN2O. The SMILES string of the molecule is O=C(NC1CCN(CCc2cccc(F)c2)C1)C12CC3CC(CC(C3)C1)C2. The van der Waals surface area contributed by atoms with Crippen molar-refractivity contribution in [3.05, 3.63) is 35.6 Å². The van der Waals surface area contributed by atoms with Crippen LogP contribution in [0, 0.1) is 29.0 Å². The Bertz CT molecular complexity index is 683. The van der Waals surface area contributed by atoms with Gasteiger partial charge in [-0.05, 0) is 86.8 Å². The molecule has 4 saturated carbocycles. The summed E-state index contributed by atoms with van der Waals surface area (Å²) in [6.45, 7) is 2.90. The van der Waals surface area contributed by atoms with Gasteiger partial charge in [0.05, 0.1) is 0 Å². The topological polar surface area (TPSA) is 32.3 Å². The van der Waals surface area contributed by atoms with E-state index in [1.807, 2.05) is 6.07 Å². The molecule has 1 heterocycles. The molecule has 0 spiro atoms. The maximum Gasteiger partial charge on any atom is 0.226 e. The van der Waals surface area contributed by atoms with Crippen LogP contribution in [0.4, 0.5) is 4.39 Å². The number of benzene rings is 1. The second kappa shape index (κ2) is 6.88. The number of rotatable bonds is 5. The van der Waals surface area contributed by atoms with E-state index in [4.69, 9.17) is 0 Å². The zero-order valence-corrected chi connectivity index (χ0v) is 16.1. The van der Waals surface area contributed by atoms with Gasteiger partial charge in [-0.3, -0.25) is 4.79 Å². The predicted molar refractivity (Wildman–Crippen MR) is 104 cm³/mol. The van der Waals surface area contributed by atoms with Crippen LogP contribution in [0.3, 0.4) is 0 Å². The Kier molecular flexibility index (Phi) is 4.50. The molecule has 4 aliphatic carbocycles. The first-order valence-electron chi connectivity index (χ1n) is 10.9. The highest BCUT2D eigenvalue weighted by atomic mass is 19.1. The summed E-state index contributed by atoms with van der Waals surface area (Å²) in [5.74, 6) is 2.64. The number of carbonyl (C=O) groups is 1. The third kappa shape index (κ3) is 3.53. The van der Waals surface area contributed by atoms with Crippen LogP contribution >= 0.6 is 0 Å². The minimum atomic E-state index is -0.158. The number of nitrogens with zero attached hydrogens (tertiary/aromatic N) is 1. The highest BCUT2D eigenvalue weighted by Gasteiger charge is 2.54. The van der Waals surface area contributed by atoms with Gasteiger partial charge >= 0.3 is 0 Å². The van der Waals surface area contributed by atoms with Gasteiger partial charge in [0.15, 0.2) is 0 Å². The fourth-order valence-electron chi connectivity index (χ4n) is 6.86. The number of likely N-dealkylation sites (tertiary alicyclic amines) is 1. The van der Waals surface area contributed by atoms with Crippen molar-refractivity contribution in [2.24, 2.45) is 23.2 Å². The van der Waals surface area contributed by atoms with E-state index in [1.165, 1.54) is 25.3 Å². The maximum atomic E-state index is 13.3. The Balaban J connectivity index is 1.14. The van der Waals surface area contributed by atoms with Gasteiger partial charge in [0, 0.05) is 31.1 Å². The molecule has 3 nitrogen and oxygen atoms in total. The molecule has 1 aromatic rings. The first-order chi connectivity index (χ1) is 13.1. The number of halogens is 1. The number of hydrogen-bond acceptors (Lipinski definition) is 2. The number of nitrogens with one attached hydrogen (secondary N) is 1. The van der Waals surface area contributed by atoms with Gasteiger partial charge in [-0.25, -0.2) is 4.39 Å². The van der Waals surface area contributed by atoms with E-state index in [-0.39, 0.29) is 17.3 Å². The molecule has 1 atom stereocenters. The molecule has 6 rings (SSSR count). The largest absolute Gasteiger partial charge is 0.352 e. The zero-order valence-electron chi connectivity index (χ0n) is 16.1. The fraction of sp³-hybridized carbons (Fsp3) is 0.696. The second-order valence-electron chi connectivity index (χ2n) is 9.84. The van der Waals surface area contributed by atoms with Crippen molar-refractivity contribution in [3.8, 4) is 0 Å². The Morgan fingerprint density at radius 3 is 2.52 bits per heavy atom. The number of amides is 1. The Hall–Kier alpha value is -1.42. The Labute approximate surface area is 161 Å². The molecule has 146 valence electrons. The molecule has 4 heteroatoms. The molecule has 1 amide bonds. The summed E-state index contributed by atoms with van der Waals surface area (Å²) in [5, 5.41) is 3.43. The minimum Gasteiger partial charge on any atom is -0.352 e. The highest BCUT2D eigenvalue weighted by Crippen LogP contribution is 2.60. The van der Waals surface area contributed by atoms with Crippen LogP contribution < -0.4 is 5.32 Å². The average molecular weight is 371 g/mol. The van der Waals surface area contributed by atoms with Crippen molar-refractivity contribution < 1.29 is 9.18 Å². The zero-order chi connectivity index (χ0) is 18.4. The first kappa shape index (κ1) is 17.7. The van der Waals surface area contributed by atoms with E-state index in [9.17, 15) is 9.18 Å². The standard InChI is InChI=1S/C23H31FN2O/c24-20-3-1-2-16(11-20)4-6-26-7-5-21(15-26)25-22(27)23-12-17-8-18(13-23)10-19(9-17)14-23/h1-3,11,17-19,21H,4-10,12-15H2,(H,25,27). The molecule has 5 aliphatic rings. The molecule has 4 bridgehead atoms. The average Bonchev–Trinajstić information content (AvgIpc) is 3.06. The van der Waals surface area contributed by atoms with Crippen molar-refractivity contribution >= 4 is 5.91 Å². The van der Waals surface area contributed by atoms with Gasteiger partial charge in [-0.1, -0.05) is 12.1 Å². The van der Waals surface area contributed by atoms with Crippen molar-refractivity contribution in [3.63, 3.8) is 0 Å². The normalized spacial score (nSPS) is 37.7. The van der Waals surface area contributed by atoms with Crippen LogP contribution in [0.1, 0.15) is 50.5 Å². The monoisotopic (exact) mass is 370 g/mol. The van der Waals surface area contributed by atoms with Crippen molar-refractivity contribution in [1.29, 1.82) is 0 Å². The predicted octanol–water partition coefficient (Wildman–Crippen LogP) is 3.78. The molecular weight excluding hydrogens is 339 g/mol. The maximum absolute atomic E-state index is 13.3. The molecule has 0 radical (unpaired) electrons. The van der Waals surface area contributed by atoms with E-state index in [0.717, 1.165) is 75.1 Å². The van der Waals surface area contributed by atoms with Gasteiger partial charge in [-0.2, -0.15) is 0 Å². The smallest absolute Gasteiger partial charge is 0.226 e. The second-order valence-corrected chi connectivity index (χ2v) is 9.84. The molecule has 1 N–H and O–H groups in total. The molecule has 5 fully saturated rings. The van der Waals surface area contributed by atoms with Crippen molar-refractivity contribution in [2.75, 3.05) is 19.6 Å². The van der Waals surface area contributed by atoms with Crippen LogP contribution in [-0.2, 0) is 11.2 Å². The van der Waals surface area contributed by atoms with Crippen molar-refractivity contribution in [1.82, 2.24) is 10.2 Å². The highest BCUT2D eigenvalue weighted by molar-refractivity contribution is 5.83. The van der Waals surface area contributed by atoms with Gasteiger partial charge in [0.2, 0.25) is 5.91 Å². The lowest BCUT2D eigenvalue weighted by Gasteiger charge is -2.55. The third-order valence-corrected chi connectivity index (χ3v) is 7.73. The summed E-state index contributed by atoms with van der Waals surface area (Å²) in [6.07, 6.45) is 9.47. The van der Waals surface area contributed by atoms with Gasteiger partial charge in [0.1, 0.15) is 5.82 Å². The van der Waals surface area contributed by atoms with Crippen LogP contribution in [0.15, 0.2) is 24.3 Å². The van der Waals surface area contributed by atoms with Crippen LogP contribution in [-0.4, -0.2) is 36.5 Å². The third-order valence-electron chi connectivity index (χ3n) is 7.73. The Morgan fingerprint density at radius 2 is 1.85 bits per heavy atom. The van der Waals surface area contributed by atoms with E-state index < -0.39 is 0 Å². The lowest BCUT2D eigenvalue weighted by atomic mass is 9.49. The summed E-state index contributed by atoms with van der Waals surface area (Å²) in [7, 11) is 0. The minimum absolute atomic E-state index is 0.0380. The summed E-state index contributed by atoms with van der Waals surface area (Å²) in [5.41, 5.74) is 1.01. The molecule has 1 saturated heterocycles. The Morgan fingerprint density at radius 1 is 1.15 bits per heavy atom. The molecule has 1 unspecified atom stereocenters. The number of carbonyl (C=O) groups excluding carboxylic acids is 1. The van der Waals surface area contributed by atoms with Crippen LogP contribution in [0.25, 0.3) is 0 Å². The van der Waals surface area contributed by atoms with E-state index >= 15 is 0 Å². The van der Waals surface area contributed by atoms with E-state index in [0.29, 0.717) is 5.91 Å². The summed E-state index contributed by atoms with van der Waals surface area (Å²) in [6, 6.07) is 7.19. The molecule has 0 aromatic heterocycles. The van der Waals surface area contributed by atoms with Gasteiger partial charge in [-0.15, -0.1) is 0 Å². The van der Waals surface area contributed by atoms with Gasteiger partial charge in [0.25, 0.3) is 0 Å². The lowest BCUT2D eigenvalue weighted by molar-refractivity contribution is -0.146. The van der Waals surface area contributed by atoms with E-state index in [2.05, 4.69) is 10.2 Å². The quantitative estimate of drug-likeness (QED) is 0.856. The lowest BCUT2D eigenvalue weighted by Crippen LogP contribution is -2.55. The summed E-state index contributed by atoms with van der Waals surface area (Å²) >= 11 is 0. The fourth-order valence-corrected chi connectivity index (χ4v) is 6.86. The molecule has 1 aromatic carbocycles. The van der Waals surface area contributed by atoms with Crippen LogP contribution in [0.5, 0.6) is 0 Å². The van der Waals surface area contributed by atoms with E-state index in [1.54, 1.807) is 12.1 Å². The molecule has 27 heavy (non-hydrogen) atoms. The number of hydrogen-bond donors (Lipinski definition) is 1.